The normalized spacial score (nSPS) is 9.68. The lowest BCUT2D eigenvalue weighted by Crippen LogP contribution is -2.00. The summed E-state index contributed by atoms with van der Waals surface area (Å²) in [5.74, 6) is 0.946. The van der Waals surface area contributed by atoms with E-state index in [2.05, 4.69) is 24.3 Å². The van der Waals surface area contributed by atoms with Gasteiger partial charge in [0.05, 0.1) is 23.9 Å². The predicted molar refractivity (Wildman–Crippen MR) is 73.2 cm³/mol. The number of carboxylic acid groups (broad SMARTS) is 1. The van der Waals surface area contributed by atoms with Crippen molar-refractivity contribution in [3.8, 4) is 11.4 Å². The van der Waals surface area contributed by atoms with Gasteiger partial charge in [-0.05, 0) is 11.5 Å². The SMILES string of the molecule is O=CO.c1cn(Cc2cscn2)c(-c2cnsc2)n1. The molecule has 0 unspecified atom stereocenters. The Labute approximate surface area is 117 Å². The Balaban J connectivity index is 0.000000408. The zero-order valence-corrected chi connectivity index (χ0v) is 11.3. The third-order valence-corrected chi connectivity index (χ3v) is 3.44. The van der Waals surface area contributed by atoms with Gasteiger partial charge >= 0.3 is 0 Å². The molecule has 3 heterocycles. The first-order valence-electron chi connectivity index (χ1n) is 5.21. The molecule has 0 aliphatic rings. The Kier molecular flexibility index (Phi) is 4.76. The summed E-state index contributed by atoms with van der Waals surface area (Å²) in [6, 6.07) is 0. The van der Waals surface area contributed by atoms with Crippen LogP contribution >= 0.6 is 22.9 Å². The molecule has 19 heavy (non-hydrogen) atoms. The third kappa shape index (κ3) is 3.46. The highest BCUT2D eigenvalue weighted by Crippen LogP contribution is 2.19. The molecule has 8 heteroatoms. The number of carbonyl (C=O) groups is 1. The van der Waals surface area contributed by atoms with Gasteiger partial charge in [-0.25, -0.2) is 14.3 Å². The summed E-state index contributed by atoms with van der Waals surface area (Å²) in [5, 5.41) is 10.9. The lowest BCUT2D eigenvalue weighted by Gasteiger charge is -2.03. The molecule has 0 spiro atoms. The molecule has 0 saturated carbocycles. The first-order valence-corrected chi connectivity index (χ1v) is 6.99. The van der Waals surface area contributed by atoms with Crippen LogP contribution in [0.2, 0.25) is 0 Å². The van der Waals surface area contributed by atoms with Crippen LogP contribution in [0.15, 0.2) is 34.9 Å². The van der Waals surface area contributed by atoms with Gasteiger partial charge in [0.2, 0.25) is 0 Å². The molecule has 0 radical (unpaired) electrons. The van der Waals surface area contributed by atoms with Crippen molar-refractivity contribution in [3.63, 3.8) is 0 Å². The van der Waals surface area contributed by atoms with Gasteiger partial charge in [-0.2, -0.15) is 0 Å². The zero-order chi connectivity index (χ0) is 13.5. The molecule has 0 aliphatic carbocycles. The Bertz CT molecular complexity index is 604. The summed E-state index contributed by atoms with van der Waals surface area (Å²) < 4.78 is 6.17. The largest absolute Gasteiger partial charge is 0.483 e. The quantitative estimate of drug-likeness (QED) is 0.749. The highest BCUT2D eigenvalue weighted by atomic mass is 32.1. The summed E-state index contributed by atoms with van der Waals surface area (Å²) in [6.45, 7) is 0.509. The molecule has 3 aromatic heterocycles. The number of aromatic nitrogens is 4. The minimum atomic E-state index is -0.250. The molecule has 0 atom stereocenters. The summed E-state index contributed by atoms with van der Waals surface area (Å²) in [7, 11) is 0. The van der Waals surface area contributed by atoms with Gasteiger partial charge in [0.15, 0.2) is 0 Å². The van der Waals surface area contributed by atoms with Crippen LogP contribution in [0.3, 0.4) is 0 Å². The van der Waals surface area contributed by atoms with Crippen molar-refractivity contribution in [2.45, 2.75) is 6.54 Å². The molecular weight excluding hydrogens is 284 g/mol. The number of imidazole rings is 1. The zero-order valence-electron chi connectivity index (χ0n) is 9.71. The fourth-order valence-corrected chi connectivity index (χ4v) is 2.57. The van der Waals surface area contributed by atoms with Crippen molar-refractivity contribution in [1.29, 1.82) is 0 Å². The van der Waals surface area contributed by atoms with Gasteiger partial charge in [0, 0.05) is 28.7 Å². The Morgan fingerprint density at radius 3 is 2.84 bits per heavy atom. The average Bonchev–Trinajstić information content (AvgIpc) is 3.11. The number of thiazole rings is 1. The summed E-state index contributed by atoms with van der Waals surface area (Å²) >= 11 is 3.05. The van der Waals surface area contributed by atoms with E-state index >= 15 is 0 Å². The molecule has 3 aromatic rings. The molecule has 0 bridgehead atoms. The highest BCUT2D eigenvalue weighted by molar-refractivity contribution is 7.07. The third-order valence-electron chi connectivity index (χ3n) is 2.22. The van der Waals surface area contributed by atoms with E-state index in [9.17, 15) is 0 Å². The topological polar surface area (TPSA) is 80.9 Å². The van der Waals surface area contributed by atoms with E-state index in [-0.39, 0.29) is 6.47 Å². The minimum absolute atomic E-state index is 0.250. The van der Waals surface area contributed by atoms with Crippen molar-refractivity contribution in [3.05, 3.63) is 40.6 Å². The standard InChI is InChI=1S/C10H8N4S2.CH2O2/c1-2-14(4-9-6-15-7-12-9)10(11-1)8-3-13-16-5-8;2-1-3/h1-3,5-7H,4H2;1H,(H,2,3). The second kappa shape index (κ2) is 6.76. The smallest absolute Gasteiger partial charge is 0.290 e. The first-order chi connectivity index (χ1) is 9.35. The predicted octanol–water partition coefficient (Wildman–Crippen LogP) is 2.21. The van der Waals surface area contributed by atoms with E-state index in [0.717, 1.165) is 23.6 Å². The van der Waals surface area contributed by atoms with Crippen LogP contribution in [0.4, 0.5) is 0 Å². The number of nitrogens with zero attached hydrogens (tertiary/aromatic N) is 4. The molecule has 0 fully saturated rings. The Hall–Kier alpha value is -2.06. The van der Waals surface area contributed by atoms with Crippen LogP contribution in [0.5, 0.6) is 0 Å². The summed E-state index contributed by atoms with van der Waals surface area (Å²) in [6.07, 6.45) is 5.61. The van der Waals surface area contributed by atoms with E-state index in [1.54, 1.807) is 17.5 Å². The minimum Gasteiger partial charge on any atom is -0.483 e. The van der Waals surface area contributed by atoms with Crippen LogP contribution in [-0.4, -0.2) is 30.5 Å². The highest BCUT2D eigenvalue weighted by Gasteiger charge is 2.07. The molecule has 3 rings (SSSR count). The molecule has 0 amide bonds. The number of hydrogen-bond donors (Lipinski definition) is 1. The van der Waals surface area contributed by atoms with Gasteiger partial charge in [-0.15, -0.1) is 11.3 Å². The van der Waals surface area contributed by atoms with Crippen molar-refractivity contribution in [2.75, 3.05) is 0 Å². The van der Waals surface area contributed by atoms with E-state index in [1.807, 2.05) is 23.3 Å². The maximum atomic E-state index is 8.36. The van der Waals surface area contributed by atoms with Crippen LogP contribution in [0.25, 0.3) is 11.4 Å². The second-order valence-corrected chi connectivity index (χ2v) is 4.75. The number of rotatable bonds is 3. The van der Waals surface area contributed by atoms with E-state index < -0.39 is 0 Å². The van der Waals surface area contributed by atoms with Gasteiger partial charge in [-0.1, -0.05) is 0 Å². The average molecular weight is 294 g/mol. The van der Waals surface area contributed by atoms with E-state index in [1.165, 1.54) is 11.5 Å². The van der Waals surface area contributed by atoms with Gasteiger partial charge in [0.25, 0.3) is 6.47 Å². The maximum Gasteiger partial charge on any atom is 0.290 e. The molecule has 0 aromatic carbocycles. The molecular formula is C11H10N4O2S2. The van der Waals surface area contributed by atoms with Gasteiger partial charge in [0.1, 0.15) is 5.82 Å². The van der Waals surface area contributed by atoms with Crippen molar-refractivity contribution in [2.24, 2.45) is 0 Å². The van der Waals surface area contributed by atoms with Crippen LogP contribution < -0.4 is 0 Å². The van der Waals surface area contributed by atoms with Crippen molar-refractivity contribution in [1.82, 2.24) is 18.9 Å². The molecule has 98 valence electrons. The Morgan fingerprint density at radius 1 is 1.37 bits per heavy atom. The van der Waals surface area contributed by atoms with Crippen LogP contribution in [0, 0.1) is 0 Å². The van der Waals surface area contributed by atoms with E-state index in [4.69, 9.17) is 9.90 Å². The maximum absolute atomic E-state index is 8.36. The summed E-state index contributed by atoms with van der Waals surface area (Å²) in [5.41, 5.74) is 3.97. The monoisotopic (exact) mass is 294 g/mol. The van der Waals surface area contributed by atoms with Crippen LogP contribution in [-0.2, 0) is 11.3 Å². The lowest BCUT2D eigenvalue weighted by molar-refractivity contribution is -0.122. The summed E-state index contributed by atoms with van der Waals surface area (Å²) in [4.78, 5) is 17.0. The molecule has 6 nitrogen and oxygen atoms in total. The Morgan fingerprint density at radius 2 is 2.21 bits per heavy atom. The fraction of sp³-hybridized carbons (Fsp3) is 0.0909. The second-order valence-electron chi connectivity index (χ2n) is 3.38. The lowest BCUT2D eigenvalue weighted by atomic mass is 10.3. The van der Waals surface area contributed by atoms with Gasteiger partial charge in [-0.3, -0.25) is 4.79 Å². The van der Waals surface area contributed by atoms with Gasteiger partial charge < -0.3 is 9.67 Å². The van der Waals surface area contributed by atoms with E-state index in [0.29, 0.717) is 0 Å². The van der Waals surface area contributed by atoms with Crippen molar-refractivity contribution < 1.29 is 9.90 Å². The molecule has 0 aliphatic heterocycles. The van der Waals surface area contributed by atoms with Crippen LogP contribution in [0.1, 0.15) is 5.69 Å². The first kappa shape index (κ1) is 13.4. The number of hydrogen-bond acceptors (Lipinski definition) is 6. The molecule has 0 saturated heterocycles. The fourth-order valence-electron chi connectivity index (χ4n) is 1.50. The molecule has 1 N–H and O–H groups in total. The van der Waals surface area contributed by atoms with Crippen molar-refractivity contribution >= 4 is 29.3 Å².